The second-order valence-corrected chi connectivity index (χ2v) is 23.9. The van der Waals surface area contributed by atoms with E-state index in [-0.39, 0.29) is 5.60 Å². The Balaban J connectivity index is 0.000000167. The van der Waals surface area contributed by atoms with E-state index in [1.165, 1.54) is 0 Å². The molecule has 1 aliphatic carbocycles. The van der Waals surface area contributed by atoms with E-state index in [4.69, 9.17) is 4.74 Å². The standard InChI is InChI=1S/C8H12O.5CH3.Ti/c1-6(2)8-5-3-4-7(8)9-8;;;;;;/h3-4,6-7H,5H2,1-2H3;5*1H3;. The van der Waals surface area contributed by atoms with E-state index in [1.54, 1.807) is 0 Å². The van der Waals surface area contributed by atoms with Crippen molar-refractivity contribution in [2.24, 2.45) is 5.92 Å². The topological polar surface area (TPSA) is 12.5 Å². The van der Waals surface area contributed by atoms with Gasteiger partial charge in [-0.3, -0.25) is 0 Å². The van der Waals surface area contributed by atoms with E-state index in [1.807, 2.05) is 0 Å². The molecule has 2 unspecified atom stereocenters. The molecule has 2 atom stereocenters. The molecule has 2 rings (SSSR count). The molecule has 0 saturated carbocycles. The predicted molar refractivity (Wildman–Crippen MR) is 65.5 cm³/mol. The van der Waals surface area contributed by atoms with E-state index in [0.29, 0.717) is 12.0 Å². The molecule has 0 spiro atoms. The normalized spacial score (nSPS) is 35.2. The van der Waals surface area contributed by atoms with Crippen molar-refractivity contribution in [1.29, 1.82) is 0 Å². The van der Waals surface area contributed by atoms with Gasteiger partial charge in [-0.2, -0.15) is 0 Å². The van der Waals surface area contributed by atoms with Gasteiger partial charge in [-0.1, -0.05) is 26.0 Å². The van der Waals surface area contributed by atoms with E-state index in [0.717, 1.165) is 6.42 Å². The molecule has 1 heterocycles. The summed E-state index contributed by atoms with van der Waals surface area (Å²) in [5, 5.41) is 12.0. The maximum atomic E-state index is 5.52. The maximum absolute atomic E-state index is 5.52. The third-order valence-corrected chi connectivity index (χ3v) is 2.50. The molecular weight excluding hydrogens is 220 g/mol. The van der Waals surface area contributed by atoms with E-state index in [9.17, 15) is 0 Å². The van der Waals surface area contributed by atoms with Crippen molar-refractivity contribution in [3.63, 3.8) is 0 Å². The summed E-state index contributed by atoms with van der Waals surface area (Å²) >= 11 is -1.60. The fourth-order valence-electron chi connectivity index (χ4n) is 1.64. The van der Waals surface area contributed by atoms with E-state index >= 15 is 0 Å². The summed E-state index contributed by atoms with van der Waals surface area (Å²) in [5.74, 6) is 0.678. The summed E-state index contributed by atoms with van der Waals surface area (Å²) in [4.78, 5) is 0. The molecule has 2 heteroatoms. The average Bonchev–Trinajstić information content (AvgIpc) is 2.51. The van der Waals surface area contributed by atoms with Crippen molar-refractivity contribution < 1.29 is 20.0 Å². The fourth-order valence-corrected chi connectivity index (χ4v) is 1.64. The van der Waals surface area contributed by atoms with Crippen molar-refractivity contribution in [3.8, 4) is 0 Å². The Morgan fingerprint density at radius 1 is 1.20 bits per heavy atom. The Bertz CT molecular complexity index is 253. The van der Waals surface area contributed by atoms with Gasteiger partial charge in [-0.25, -0.2) is 0 Å². The van der Waals surface area contributed by atoms with Crippen molar-refractivity contribution in [2.75, 3.05) is 0 Å². The molecule has 0 radical (unpaired) electrons. The van der Waals surface area contributed by atoms with Crippen LogP contribution in [0.3, 0.4) is 0 Å². The zero-order valence-electron chi connectivity index (χ0n) is 11.4. The van der Waals surface area contributed by atoms with Gasteiger partial charge in [-0.05, 0) is 12.3 Å². The summed E-state index contributed by atoms with van der Waals surface area (Å²) < 4.78 is 5.52. The first-order valence-electron chi connectivity index (χ1n) is 6.10. The van der Waals surface area contributed by atoms with Crippen molar-refractivity contribution in [3.05, 3.63) is 12.2 Å². The molecule has 0 aromatic rings. The third-order valence-electron chi connectivity index (χ3n) is 2.50. The average molecular weight is 247 g/mol. The Labute approximate surface area is 96.2 Å². The van der Waals surface area contributed by atoms with Crippen LogP contribution in [0, 0.1) is 5.92 Å². The zero-order chi connectivity index (χ0) is 11.9. The van der Waals surface area contributed by atoms with Crippen LogP contribution in [0.4, 0.5) is 0 Å². The van der Waals surface area contributed by atoms with Crippen LogP contribution in [0.25, 0.3) is 0 Å². The van der Waals surface area contributed by atoms with Crippen LogP contribution in [-0.2, 0) is 20.0 Å². The number of ether oxygens (including phenoxy) is 1. The van der Waals surface area contributed by atoms with Crippen LogP contribution < -0.4 is 0 Å². The molecule has 15 heavy (non-hydrogen) atoms. The molecule has 0 aromatic heterocycles. The Morgan fingerprint density at radius 3 is 1.80 bits per heavy atom. The number of epoxide rings is 1. The van der Waals surface area contributed by atoms with Gasteiger partial charge in [0.1, 0.15) is 11.7 Å². The first-order chi connectivity index (χ1) is 6.49. The van der Waals surface area contributed by atoms with E-state index < -0.39 is 15.3 Å². The van der Waals surface area contributed by atoms with Crippen LogP contribution in [0.5, 0.6) is 0 Å². The predicted octanol–water partition coefficient (Wildman–Crippen LogP) is 4.66. The Kier molecular flexibility index (Phi) is 3.34. The molecule has 1 aliphatic heterocycles. The Morgan fingerprint density at radius 2 is 1.67 bits per heavy atom. The minimum absolute atomic E-state index is 0.250. The number of hydrogen-bond donors (Lipinski definition) is 0. The number of fused-ring (bicyclic) bond motifs is 1. The van der Waals surface area contributed by atoms with Gasteiger partial charge >= 0.3 is 41.4 Å². The minimum atomic E-state index is -1.60. The van der Waals surface area contributed by atoms with E-state index in [2.05, 4.69) is 52.1 Å². The van der Waals surface area contributed by atoms with Gasteiger partial charge in [-0.15, -0.1) is 0 Å². The monoisotopic (exact) mass is 247 g/mol. The molecule has 1 saturated heterocycles. The molecule has 2 aliphatic rings. The van der Waals surface area contributed by atoms with Gasteiger partial charge in [0.2, 0.25) is 0 Å². The van der Waals surface area contributed by atoms with Gasteiger partial charge in [0.25, 0.3) is 0 Å². The van der Waals surface area contributed by atoms with Gasteiger partial charge < -0.3 is 4.74 Å². The molecule has 1 nitrogen and oxygen atoms in total. The number of rotatable bonds is 1. The molecular formula is C13H27OTi. The van der Waals surface area contributed by atoms with Crippen LogP contribution in [0.2, 0.25) is 26.1 Å². The second kappa shape index (κ2) is 3.72. The van der Waals surface area contributed by atoms with Crippen molar-refractivity contribution in [1.82, 2.24) is 0 Å². The van der Waals surface area contributed by atoms with Crippen LogP contribution in [0.1, 0.15) is 20.3 Å². The molecule has 89 valence electrons. The second-order valence-electron chi connectivity index (χ2n) is 8.28. The quantitative estimate of drug-likeness (QED) is 0.373. The van der Waals surface area contributed by atoms with Gasteiger partial charge in [0.15, 0.2) is 0 Å². The molecule has 0 bridgehead atoms. The molecule has 1 fully saturated rings. The van der Waals surface area contributed by atoms with Crippen LogP contribution >= 0.6 is 0 Å². The first kappa shape index (κ1) is 13.5. The number of hydrogen-bond acceptors (Lipinski definition) is 1. The first-order valence-corrected chi connectivity index (χ1v) is 13.9. The summed E-state index contributed by atoms with van der Waals surface area (Å²) in [6, 6.07) is 0. The summed E-state index contributed by atoms with van der Waals surface area (Å²) in [7, 11) is 0. The molecule has 0 amide bonds. The SMILES string of the molecule is CC(C)C12CC=CC1O2.[CH3][Ti]([CH3])([CH3])([CH3])[CH3]. The zero-order valence-corrected chi connectivity index (χ0v) is 13.0. The van der Waals surface area contributed by atoms with Crippen molar-refractivity contribution >= 4 is 0 Å². The summed E-state index contributed by atoms with van der Waals surface area (Å²) in [5.41, 5.74) is 0.250. The van der Waals surface area contributed by atoms with Gasteiger partial charge in [0.05, 0.1) is 0 Å². The van der Waals surface area contributed by atoms with Crippen molar-refractivity contribution in [2.45, 2.75) is 58.1 Å². The molecule has 0 N–H and O–H groups in total. The fraction of sp³-hybridized carbons (Fsp3) is 0.846. The van der Waals surface area contributed by atoms with Gasteiger partial charge in [0, 0.05) is 0 Å². The van der Waals surface area contributed by atoms with Crippen LogP contribution in [-0.4, -0.2) is 11.7 Å². The Hall–Kier alpha value is 0.414. The molecule has 0 aromatic carbocycles. The summed E-state index contributed by atoms with van der Waals surface area (Å²) in [6.07, 6.45) is 6.02. The van der Waals surface area contributed by atoms with Crippen LogP contribution in [0.15, 0.2) is 12.2 Å². The third kappa shape index (κ3) is 4.42. The summed E-state index contributed by atoms with van der Waals surface area (Å²) in [6.45, 7) is 4.46.